The summed E-state index contributed by atoms with van der Waals surface area (Å²) in [4.78, 5) is 20.3. The minimum atomic E-state index is -1.26. The lowest BCUT2D eigenvalue weighted by Gasteiger charge is -2.00. The molecule has 7 nitrogen and oxygen atoms in total. The van der Waals surface area contributed by atoms with Crippen molar-refractivity contribution in [1.29, 1.82) is 10.5 Å². The smallest absolute Gasteiger partial charge is 0.348 e. The molecule has 0 bridgehead atoms. The standard InChI is InChI=1S/C7H9NO3.C4H3NO2/c1-6(5-8)7(9)11-4-3-10-2;1-3(2-5)4(6)7/h1,3-4H2,2H3;1H2,(H,6,7). The molecule has 0 spiro atoms. The zero-order chi connectivity index (χ0) is 14.6. The van der Waals surface area contributed by atoms with E-state index in [0.29, 0.717) is 6.61 Å². The number of carboxylic acid groups (broad SMARTS) is 1. The third-order valence-corrected chi connectivity index (χ3v) is 1.30. The van der Waals surface area contributed by atoms with E-state index in [1.807, 2.05) is 0 Å². The van der Waals surface area contributed by atoms with Gasteiger partial charge < -0.3 is 14.6 Å². The number of nitrogens with zero attached hydrogens (tertiary/aromatic N) is 2. The number of carbonyl (C=O) groups is 2. The molecule has 18 heavy (non-hydrogen) atoms. The lowest BCUT2D eigenvalue weighted by Crippen LogP contribution is -2.10. The quantitative estimate of drug-likeness (QED) is 0.325. The van der Waals surface area contributed by atoms with Crippen LogP contribution in [-0.4, -0.2) is 37.4 Å². The van der Waals surface area contributed by atoms with E-state index in [0.717, 1.165) is 0 Å². The molecule has 0 aromatic carbocycles. The van der Waals surface area contributed by atoms with Gasteiger partial charge in [-0.05, 0) is 0 Å². The van der Waals surface area contributed by atoms with Gasteiger partial charge in [0.2, 0.25) is 0 Å². The monoisotopic (exact) mass is 252 g/mol. The lowest BCUT2D eigenvalue weighted by atomic mass is 10.3. The summed E-state index contributed by atoms with van der Waals surface area (Å²) in [5, 5.41) is 23.8. The predicted molar refractivity (Wildman–Crippen MR) is 60.0 cm³/mol. The second kappa shape index (κ2) is 10.9. The predicted octanol–water partition coefficient (Wildman–Crippen LogP) is 0.407. The number of esters is 1. The Balaban J connectivity index is 0. The summed E-state index contributed by atoms with van der Waals surface area (Å²) >= 11 is 0. The van der Waals surface area contributed by atoms with Gasteiger partial charge >= 0.3 is 11.9 Å². The molecule has 0 saturated heterocycles. The van der Waals surface area contributed by atoms with Crippen LogP contribution in [-0.2, 0) is 19.1 Å². The molecule has 0 atom stereocenters. The fraction of sp³-hybridized carbons (Fsp3) is 0.273. The Hall–Kier alpha value is -2.64. The first kappa shape index (κ1) is 17.7. The topological polar surface area (TPSA) is 120 Å². The molecule has 1 N–H and O–H groups in total. The van der Waals surface area contributed by atoms with Crippen LogP contribution in [0.1, 0.15) is 0 Å². The number of nitriles is 2. The zero-order valence-electron chi connectivity index (χ0n) is 9.80. The van der Waals surface area contributed by atoms with Crippen LogP contribution in [0.4, 0.5) is 0 Å². The van der Waals surface area contributed by atoms with Crippen molar-refractivity contribution in [3.8, 4) is 12.1 Å². The Labute approximate surface area is 104 Å². The van der Waals surface area contributed by atoms with Gasteiger partial charge in [-0.2, -0.15) is 10.5 Å². The van der Waals surface area contributed by atoms with Crippen LogP contribution in [0.2, 0.25) is 0 Å². The highest BCUT2D eigenvalue weighted by Gasteiger charge is 2.05. The summed E-state index contributed by atoms with van der Waals surface area (Å²) in [6.45, 7) is 6.56. The number of carboxylic acids is 1. The Morgan fingerprint density at radius 2 is 1.67 bits per heavy atom. The molecule has 0 aromatic rings. The third kappa shape index (κ3) is 9.90. The van der Waals surface area contributed by atoms with Crippen LogP contribution < -0.4 is 0 Å². The highest BCUT2D eigenvalue weighted by molar-refractivity contribution is 5.91. The molecule has 0 heterocycles. The molecular formula is C11H12N2O5. The van der Waals surface area contributed by atoms with Crippen molar-refractivity contribution in [2.75, 3.05) is 20.3 Å². The van der Waals surface area contributed by atoms with E-state index in [1.54, 1.807) is 6.07 Å². The summed E-state index contributed by atoms with van der Waals surface area (Å²) in [6.07, 6.45) is 0. The van der Waals surface area contributed by atoms with Gasteiger partial charge in [0.15, 0.2) is 0 Å². The van der Waals surface area contributed by atoms with Crippen LogP contribution in [0, 0.1) is 22.7 Å². The number of carbonyl (C=O) groups excluding carboxylic acids is 1. The van der Waals surface area contributed by atoms with Crippen LogP contribution in [0.25, 0.3) is 0 Å². The van der Waals surface area contributed by atoms with Crippen molar-refractivity contribution >= 4 is 11.9 Å². The van der Waals surface area contributed by atoms with Crippen LogP contribution in [0.15, 0.2) is 24.3 Å². The maximum Gasteiger partial charge on any atom is 0.348 e. The molecule has 0 saturated carbocycles. The van der Waals surface area contributed by atoms with E-state index in [2.05, 4.69) is 22.6 Å². The average Bonchev–Trinajstić information content (AvgIpc) is 2.37. The van der Waals surface area contributed by atoms with Gasteiger partial charge in [0.05, 0.1) is 6.61 Å². The lowest BCUT2D eigenvalue weighted by molar-refractivity contribution is -0.139. The number of rotatable bonds is 5. The van der Waals surface area contributed by atoms with Gasteiger partial charge in [0.25, 0.3) is 0 Å². The van der Waals surface area contributed by atoms with E-state index < -0.39 is 17.5 Å². The van der Waals surface area contributed by atoms with Gasteiger partial charge in [-0.25, -0.2) is 9.59 Å². The van der Waals surface area contributed by atoms with Crippen molar-refractivity contribution in [2.45, 2.75) is 0 Å². The summed E-state index contributed by atoms with van der Waals surface area (Å²) in [5.41, 5.74) is -0.624. The first-order chi connectivity index (χ1) is 8.40. The van der Waals surface area contributed by atoms with Crippen molar-refractivity contribution in [2.24, 2.45) is 0 Å². The molecule has 0 aliphatic heterocycles. The van der Waals surface area contributed by atoms with E-state index >= 15 is 0 Å². The normalized spacial score (nSPS) is 7.72. The second-order valence-corrected chi connectivity index (χ2v) is 2.61. The van der Waals surface area contributed by atoms with Crippen LogP contribution in [0.3, 0.4) is 0 Å². The number of aliphatic carboxylic acids is 1. The maximum atomic E-state index is 10.6. The van der Waals surface area contributed by atoms with Gasteiger partial charge in [-0.1, -0.05) is 13.2 Å². The number of hydrogen-bond donors (Lipinski definition) is 1. The minimum Gasteiger partial charge on any atom is -0.477 e. The van der Waals surface area contributed by atoms with Crippen molar-refractivity contribution in [1.82, 2.24) is 0 Å². The fourth-order valence-electron chi connectivity index (χ4n) is 0.398. The van der Waals surface area contributed by atoms with Crippen LogP contribution in [0.5, 0.6) is 0 Å². The number of methoxy groups -OCH3 is 1. The van der Waals surface area contributed by atoms with Gasteiger partial charge in [-0.3, -0.25) is 0 Å². The molecule has 0 fully saturated rings. The summed E-state index contributed by atoms with van der Waals surface area (Å²) in [7, 11) is 1.49. The Kier molecular flexibility index (Phi) is 10.7. The molecule has 0 radical (unpaired) electrons. The second-order valence-electron chi connectivity index (χ2n) is 2.61. The SMILES string of the molecule is C=C(C#N)C(=O)O.C=C(C#N)C(=O)OCCOC. The molecule has 0 rings (SSSR count). The van der Waals surface area contributed by atoms with Crippen molar-refractivity contribution < 1.29 is 24.2 Å². The van der Waals surface area contributed by atoms with Gasteiger partial charge in [0.1, 0.15) is 29.9 Å². The molecular weight excluding hydrogens is 240 g/mol. The average molecular weight is 252 g/mol. The van der Waals surface area contributed by atoms with Crippen LogP contribution >= 0.6 is 0 Å². The van der Waals surface area contributed by atoms with Gasteiger partial charge in [-0.15, -0.1) is 0 Å². The first-order valence-corrected chi connectivity index (χ1v) is 4.48. The van der Waals surface area contributed by atoms with E-state index in [-0.39, 0.29) is 12.2 Å². The first-order valence-electron chi connectivity index (χ1n) is 4.48. The molecule has 0 aliphatic rings. The zero-order valence-corrected chi connectivity index (χ0v) is 9.80. The highest BCUT2D eigenvalue weighted by Crippen LogP contribution is 1.91. The molecule has 0 aliphatic carbocycles. The Morgan fingerprint density at radius 3 is 1.94 bits per heavy atom. The number of ether oxygens (including phenoxy) is 2. The Bertz CT molecular complexity index is 414. The number of hydrogen-bond acceptors (Lipinski definition) is 6. The Morgan fingerprint density at radius 1 is 1.17 bits per heavy atom. The summed E-state index contributed by atoms with van der Waals surface area (Å²) < 4.78 is 9.16. The highest BCUT2D eigenvalue weighted by atomic mass is 16.6. The summed E-state index contributed by atoms with van der Waals surface area (Å²) in [6, 6.07) is 2.95. The summed E-state index contributed by atoms with van der Waals surface area (Å²) in [5.74, 6) is -1.95. The largest absolute Gasteiger partial charge is 0.477 e. The van der Waals surface area contributed by atoms with Crippen molar-refractivity contribution in [3.63, 3.8) is 0 Å². The molecule has 96 valence electrons. The van der Waals surface area contributed by atoms with E-state index in [4.69, 9.17) is 15.6 Å². The van der Waals surface area contributed by atoms with Gasteiger partial charge in [0, 0.05) is 7.11 Å². The van der Waals surface area contributed by atoms with E-state index in [1.165, 1.54) is 13.2 Å². The molecule has 0 aromatic heterocycles. The fourth-order valence-corrected chi connectivity index (χ4v) is 0.398. The molecule has 0 unspecified atom stereocenters. The maximum absolute atomic E-state index is 10.6. The molecule has 0 amide bonds. The molecule has 7 heteroatoms. The van der Waals surface area contributed by atoms with E-state index in [9.17, 15) is 9.59 Å². The third-order valence-electron chi connectivity index (χ3n) is 1.30. The minimum absolute atomic E-state index is 0.149. The van der Waals surface area contributed by atoms with Crippen molar-refractivity contribution in [3.05, 3.63) is 24.3 Å².